The normalized spacial score (nSPS) is 17.7. The van der Waals surface area contributed by atoms with Crippen LogP contribution in [-0.4, -0.2) is 42.0 Å². The molecule has 0 unspecified atom stereocenters. The van der Waals surface area contributed by atoms with Crippen LogP contribution in [0.4, 0.5) is 0 Å². The van der Waals surface area contributed by atoms with Crippen LogP contribution in [0.3, 0.4) is 0 Å². The van der Waals surface area contributed by atoms with Gasteiger partial charge in [-0.3, -0.25) is 9.48 Å². The van der Waals surface area contributed by atoms with Gasteiger partial charge in [-0.1, -0.05) is 0 Å². The van der Waals surface area contributed by atoms with Crippen molar-refractivity contribution in [2.24, 2.45) is 0 Å². The predicted octanol–water partition coefficient (Wildman–Crippen LogP) is 1.55. The van der Waals surface area contributed by atoms with Crippen molar-refractivity contribution in [3.63, 3.8) is 0 Å². The Labute approximate surface area is 75.9 Å². The molecule has 2 heteroatoms. The summed E-state index contributed by atoms with van der Waals surface area (Å²) in [6.07, 6.45) is 6.47. The van der Waals surface area contributed by atoms with Crippen molar-refractivity contribution in [2.75, 3.05) is 26.2 Å². The maximum Gasteiger partial charge on any atom is 0.234 e. The van der Waals surface area contributed by atoms with E-state index in [0.29, 0.717) is 0 Å². The molecule has 0 amide bonds. The quantitative estimate of drug-likeness (QED) is 0.459. The van der Waals surface area contributed by atoms with Crippen molar-refractivity contribution in [1.82, 2.24) is 4.90 Å². The zero-order chi connectivity index (χ0) is 8.81. The van der Waals surface area contributed by atoms with Gasteiger partial charge in [0.15, 0.2) is 0 Å². The van der Waals surface area contributed by atoms with Gasteiger partial charge in [0.1, 0.15) is 0 Å². The van der Waals surface area contributed by atoms with E-state index in [9.17, 15) is 0 Å². The molecular formula is C10H21N2+. The highest BCUT2D eigenvalue weighted by molar-refractivity contribution is 5.48. The Balaban J connectivity index is 2.41. The van der Waals surface area contributed by atoms with Gasteiger partial charge in [0.2, 0.25) is 6.34 Å². The zero-order valence-electron chi connectivity index (χ0n) is 8.42. The van der Waals surface area contributed by atoms with Crippen LogP contribution in [0.25, 0.3) is 0 Å². The first-order valence-electron chi connectivity index (χ1n) is 5.20. The van der Waals surface area contributed by atoms with E-state index in [4.69, 9.17) is 0 Å². The van der Waals surface area contributed by atoms with Gasteiger partial charge in [0, 0.05) is 0 Å². The van der Waals surface area contributed by atoms with E-state index in [1.165, 1.54) is 32.4 Å². The van der Waals surface area contributed by atoms with Crippen LogP contribution < -0.4 is 0 Å². The van der Waals surface area contributed by atoms with E-state index in [2.05, 4.69) is 29.7 Å². The van der Waals surface area contributed by atoms with Crippen LogP contribution in [0.5, 0.6) is 0 Å². The molecule has 1 heterocycles. The second-order valence-electron chi connectivity index (χ2n) is 3.43. The van der Waals surface area contributed by atoms with Crippen molar-refractivity contribution < 1.29 is 4.58 Å². The maximum absolute atomic E-state index is 2.45. The Kier molecular flexibility index (Phi) is 4.12. The van der Waals surface area contributed by atoms with E-state index in [0.717, 1.165) is 13.1 Å². The minimum atomic E-state index is 1.13. The van der Waals surface area contributed by atoms with Gasteiger partial charge in [-0.2, -0.15) is 0 Å². The third-order valence-corrected chi connectivity index (χ3v) is 2.53. The molecule has 0 aromatic heterocycles. The summed E-state index contributed by atoms with van der Waals surface area (Å²) in [7, 11) is 0. The van der Waals surface area contributed by atoms with Gasteiger partial charge < -0.3 is 0 Å². The molecule has 70 valence electrons. The summed E-state index contributed by atoms with van der Waals surface area (Å²) in [5.41, 5.74) is 0. The van der Waals surface area contributed by atoms with Crippen molar-refractivity contribution in [2.45, 2.75) is 33.1 Å². The van der Waals surface area contributed by atoms with E-state index >= 15 is 0 Å². The average Bonchev–Trinajstić information content (AvgIpc) is 2.16. The lowest BCUT2D eigenvalue weighted by Gasteiger charge is -2.16. The second kappa shape index (κ2) is 5.18. The minimum Gasteiger partial charge on any atom is -0.269 e. The molecule has 1 fully saturated rings. The Morgan fingerprint density at radius 1 is 1.08 bits per heavy atom. The topological polar surface area (TPSA) is 6.25 Å². The molecule has 12 heavy (non-hydrogen) atoms. The molecule has 0 spiro atoms. The first kappa shape index (κ1) is 9.56. The molecule has 2 nitrogen and oxygen atoms in total. The minimum absolute atomic E-state index is 1.13. The summed E-state index contributed by atoms with van der Waals surface area (Å²) in [6, 6.07) is 0. The maximum atomic E-state index is 2.45. The fourth-order valence-electron chi connectivity index (χ4n) is 1.65. The average molecular weight is 169 g/mol. The number of nitrogens with zero attached hydrogens (tertiary/aromatic N) is 2. The molecule has 1 saturated heterocycles. The fourth-order valence-corrected chi connectivity index (χ4v) is 1.65. The van der Waals surface area contributed by atoms with Gasteiger partial charge in [-0.15, -0.1) is 0 Å². The predicted molar refractivity (Wildman–Crippen MR) is 52.8 cm³/mol. The van der Waals surface area contributed by atoms with E-state index in [1.54, 1.807) is 0 Å². The molecule has 0 saturated carbocycles. The lowest BCUT2D eigenvalue weighted by molar-refractivity contribution is -0.537. The highest BCUT2D eigenvalue weighted by Gasteiger charge is 2.09. The standard InChI is InChI=1S/C10H21N2/c1-3-11(4-2)10-12-8-6-5-7-9-12/h10H,3-9H2,1-2H3/q+1. The van der Waals surface area contributed by atoms with Crippen LogP contribution in [0.15, 0.2) is 0 Å². The van der Waals surface area contributed by atoms with Gasteiger partial charge in [-0.25, -0.2) is 0 Å². The number of rotatable bonds is 3. The molecule has 1 aliphatic rings. The van der Waals surface area contributed by atoms with Crippen molar-refractivity contribution in [3.05, 3.63) is 0 Å². The first-order valence-corrected chi connectivity index (χ1v) is 5.20. The summed E-state index contributed by atoms with van der Waals surface area (Å²) in [5.74, 6) is 0. The third kappa shape index (κ3) is 2.84. The van der Waals surface area contributed by atoms with Crippen LogP contribution in [0.2, 0.25) is 0 Å². The first-order chi connectivity index (χ1) is 5.86. The summed E-state index contributed by atoms with van der Waals surface area (Å²) in [6.45, 7) is 9.21. The molecule has 0 aliphatic carbocycles. The van der Waals surface area contributed by atoms with E-state index < -0.39 is 0 Å². The Morgan fingerprint density at radius 2 is 1.67 bits per heavy atom. The monoisotopic (exact) mass is 169 g/mol. The summed E-state index contributed by atoms with van der Waals surface area (Å²) < 4.78 is 2.45. The Hall–Kier alpha value is -0.530. The van der Waals surface area contributed by atoms with Crippen molar-refractivity contribution >= 4 is 6.34 Å². The fraction of sp³-hybridized carbons (Fsp3) is 0.900. The molecule has 0 aromatic carbocycles. The number of piperidine rings is 1. The summed E-state index contributed by atoms with van der Waals surface area (Å²) in [4.78, 5) is 2.37. The van der Waals surface area contributed by atoms with Crippen molar-refractivity contribution in [1.29, 1.82) is 0 Å². The molecular weight excluding hydrogens is 148 g/mol. The smallest absolute Gasteiger partial charge is 0.234 e. The van der Waals surface area contributed by atoms with Gasteiger partial charge >= 0.3 is 0 Å². The highest BCUT2D eigenvalue weighted by Crippen LogP contribution is 2.03. The lowest BCUT2D eigenvalue weighted by Crippen LogP contribution is -2.31. The summed E-state index contributed by atoms with van der Waals surface area (Å²) >= 11 is 0. The second-order valence-corrected chi connectivity index (χ2v) is 3.43. The molecule has 1 rings (SSSR count). The lowest BCUT2D eigenvalue weighted by atomic mass is 10.2. The zero-order valence-corrected chi connectivity index (χ0v) is 8.42. The van der Waals surface area contributed by atoms with Crippen LogP contribution in [0, 0.1) is 0 Å². The molecule has 1 aliphatic heterocycles. The Morgan fingerprint density at radius 3 is 2.17 bits per heavy atom. The van der Waals surface area contributed by atoms with E-state index in [1.807, 2.05) is 0 Å². The number of hydrogen-bond donors (Lipinski definition) is 0. The Bertz CT molecular complexity index is 140. The van der Waals surface area contributed by atoms with Gasteiger partial charge in [-0.05, 0) is 33.1 Å². The molecule has 0 atom stereocenters. The molecule has 0 bridgehead atoms. The summed E-state index contributed by atoms with van der Waals surface area (Å²) in [5, 5.41) is 0. The van der Waals surface area contributed by atoms with Crippen LogP contribution in [-0.2, 0) is 0 Å². The molecule has 0 N–H and O–H groups in total. The SMILES string of the molecule is CCN(C=[N+]1CCCCC1)CC. The van der Waals surface area contributed by atoms with Gasteiger partial charge in [0.05, 0.1) is 26.2 Å². The van der Waals surface area contributed by atoms with Crippen LogP contribution >= 0.6 is 0 Å². The van der Waals surface area contributed by atoms with Gasteiger partial charge in [0.25, 0.3) is 0 Å². The van der Waals surface area contributed by atoms with E-state index in [-0.39, 0.29) is 0 Å². The third-order valence-electron chi connectivity index (χ3n) is 2.53. The molecule has 0 aromatic rings. The largest absolute Gasteiger partial charge is 0.269 e. The number of hydrogen-bond acceptors (Lipinski definition) is 0. The van der Waals surface area contributed by atoms with Crippen molar-refractivity contribution in [3.8, 4) is 0 Å². The van der Waals surface area contributed by atoms with Crippen LogP contribution in [0.1, 0.15) is 33.1 Å². The molecule has 0 radical (unpaired) electrons. The highest BCUT2D eigenvalue weighted by atomic mass is 15.2.